The number of hydrogen-bond acceptors (Lipinski definition) is 7. The number of unbranched alkanes of at least 4 members (excludes halogenated alkanes) is 4. The van der Waals surface area contributed by atoms with Crippen LogP contribution in [0.4, 0.5) is 0 Å². The van der Waals surface area contributed by atoms with Gasteiger partial charge in [0.1, 0.15) is 6.54 Å². The van der Waals surface area contributed by atoms with Crippen LogP contribution in [0.25, 0.3) is 0 Å². The molecule has 2 aromatic rings. The summed E-state index contributed by atoms with van der Waals surface area (Å²) in [6, 6.07) is 10.6. The van der Waals surface area contributed by atoms with Gasteiger partial charge in [-0.3, -0.25) is 34.6 Å². The first kappa shape index (κ1) is 60.1. The van der Waals surface area contributed by atoms with Crippen LogP contribution >= 0.6 is 0 Å². The van der Waals surface area contributed by atoms with Gasteiger partial charge >= 0.3 is 0 Å². The molecule has 8 heteroatoms. The Hall–Kier alpha value is -6.10. The van der Waals surface area contributed by atoms with Crippen molar-refractivity contribution >= 4 is 18.6 Å². The molecule has 0 spiro atoms. The highest BCUT2D eigenvalue weighted by molar-refractivity contribution is 5.81. The molecule has 8 nitrogen and oxygen atoms in total. The summed E-state index contributed by atoms with van der Waals surface area (Å²) in [4.78, 5) is 24.2. The molecule has 5 heterocycles. The van der Waals surface area contributed by atoms with Crippen molar-refractivity contribution < 1.29 is 4.57 Å². The van der Waals surface area contributed by atoms with E-state index in [4.69, 9.17) is 15.0 Å². The van der Waals surface area contributed by atoms with Crippen molar-refractivity contribution in [3.63, 3.8) is 0 Å². The molecule has 1 aromatic heterocycles. The Morgan fingerprint density at radius 2 is 1.01 bits per heavy atom. The number of rotatable bonds is 22. The summed E-state index contributed by atoms with van der Waals surface area (Å²) in [5.41, 5.74) is 8.96. The van der Waals surface area contributed by atoms with Crippen LogP contribution in [-0.4, -0.2) is 130 Å². The Morgan fingerprint density at radius 3 is 1.45 bits per heavy atom. The van der Waals surface area contributed by atoms with E-state index in [2.05, 4.69) is 224 Å². The highest BCUT2D eigenvalue weighted by atomic mass is 15.2. The van der Waals surface area contributed by atoms with E-state index in [9.17, 15) is 0 Å². The molecule has 0 radical (unpaired) electrons. The van der Waals surface area contributed by atoms with Gasteiger partial charge in [0.05, 0.1) is 0 Å². The van der Waals surface area contributed by atoms with Crippen LogP contribution in [0, 0.1) is 47.4 Å². The van der Waals surface area contributed by atoms with Gasteiger partial charge in [0.15, 0.2) is 12.4 Å². The van der Waals surface area contributed by atoms with Crippen molar-refractivity contribution in [3.8, 4) is 47.4 Å². The predicted molar refractivity (Wildman–Crippen MR) is 328 cm³/mol. The molecular weight excluding hydrogens is 941 g/mol. The van der Waals surface area contributed by atoms with Crippen LogP contribution in [0.3, 0.4) is 0 Å². The molecule has 1 aromatic carbocycles. The second kappa shape index (κ2) is 34.6. The largest absolute Gasteiger partial charge is 0.299 e. The Morgan fingerprint density at radius 1 is 0.558 bits per heavy atom. The van der Waals surface area contributed by atoms with Crippen molar-refractivity contribution in [1.29, 1.82) is 0 Å². The van der Waals surface area contributed by atoms with E-state index < -0.39 is 0 Å². The summed E-state index contributed by atoms with van der Waals surface area (Å²) < 4.78 is 2.33. The number of pyridine rings is 1. The third-order valence-corrected chi connectivity index (χ3v) is 15.3. The normalized spacial score (nSPS) is 21.3. The Labute approximate surface area is 467 Å². The van der Waals surface area contributed by atoms with E-state index in [1.54, 1.807) is 0 Å². The van der Waals surface area contributed by atoms with Gasteiger partial charge in [-0.25, -0.2) is 4.57 Å². The average Bonchev–Trinajstić information content (AvgIpc) is 4.28. The molecule has 6 rings (SSSR count). The van der Waals surface area contributed by atoms with Crippen LogP contribution in [0.15, 0.2) is 123 Å². The van der Waals surface area contributed by atoms with Gasteiger partial charge in [-0.15, -0.1) is 0 Å². The highest BCUT2D eigenvalue weighted by Crippen LogP contribution is 2.29. The average molecular weight is 1030 g/mol. The van der Waals surface area contributed by atoms with Gasteiger partial charge in [0.25, 0.3) is 0 Å². The third kappa shape index (κ3) is 20.3. The second-order valence-corrected chi connectivity index (χ2v) is 21.2. The summed E-state index contributed by atoms with van der Waals surface area (Å²) in [5, 5.41) is 0. The molecule has 4 aliphatic heterocycles. The fourth-order valence-corrected chi connectivity index (χ4v) is 10.9. The van der Waals surface area contributed by atoms with E-state index in [0.29, 0.717) is 24.2 Å². The molecule has 0 bridgehead atoms. The summed E-state index contributed by atoms with van der Waals surface area (Å²) in [6.07, 6.45) is 46.4. The van der Waals surface area contributed by atoms with Crippen LogP contribution in [0.2, 0.25) is 0 Å². The molecule has 4 atom stereocenters. The van der Waals surface area contributed by atoms with Crippen LogP contribution in [-0.2, 0) is 6.54 Å². The highest BCUT2D eigenvalue weighted by Gasteiger charge is 2.26. The molecule has 4 fully saturated rings. The molecule has 77 heavy (non-hydrogen) atoms. The zero-order valence-corrected chi connectivity index (χ0v) is 48.2. The van der Waals surface area contributed by atoms with Gasteiger partial charge in [0, 0.05) is 128 Å². The molecular formula is C69H91N8+. The lowest BCUT2D eigenvalue weighted by molar-refractivity contribution is -0.697. The van der Waals surface area contributed by atoms with Crippen molar-refractivity contribution in [2.75, 3.05) is 74.0 Å². The van der Waals surface area contributed by atoms with Gasteiger partial charge < -0.3 is 0 Å². The van der Waals surface area contributed by atoms with Gasteiger partial charge in [-0.05, 0) is 187 Å². The summed E-state index contributed by atoms with van der Waals surface area (Å²) in [5.74, 6) is 28.2. The third-order valence-electron chi connectivity index (χ3n) is 15.3. The molecule has 0 N–H and O–H groups in total. The van der Waals surface area contributed by atoms with E-state index in [-0.39, 0.29) is 0 Å². The Kier molecular flexibility index (Phi) is 27.0. The number of aryl methyl sites for hydroxylation is 1. The minimum absolute atomic E-state index is 0.432. The maximum atomic E-state index is 4.87. The fraction of sp³-hybridized carbons (Fsp3) is 0.507. The molecule has 4 aliphatic rings. The number of hydrogen-bond donors (Lipinski definition) is 0. The van der Waals surface area contributed by atoms with Crippen LogP contribution in [0.5, 0.6) is 0 Å². The monoisotopic (exact) mass is 1030 g/mol. The van der Waals surface area contributed by atoms with Crippen molar-refractivity contribution in [1.82, 2.24) is 19.6 Å². The van der Waals surface area contributed by atoms with Crippen molar-refractivity contribution in [3.05, 3.63) is 136 Å². The Bertz CT molecular complexity index is 2730. The van der Waals surface area contributed by atoms with Gasteiger partial charge in [-0.2, -0.15) is 0 Å². The van der Waals surface area contributed by atoms with Gasteiger partial charge in [0.2, 0.25) is 0 Å². The lowest BCUT2D eigenvalue weighted by Crippen LogP contribution is -2.34. The zero-order chi connectivity index (χ0) is 54.3. The van der Waals surface area contributed by atoms with E-state index in [1.807, 2.05) is 6.21 Å². The number of allylic oxidation sites excluding steroid dienone is 8. The quantitative estimate of drug-likeness (QED) is 0.0388. The smallest absolute Gasteiger partial charge is 0.173 e. The standard InChI is InChI=1S/C69H91N8/c1-8-11-31-63(67-40-28-48-74(67)5)55-71-44-22-14-18-34-60-54-62(36-20-16-24-51-77-52-26-38-65(57-77)69-42-30-50-76(69)7)61(35-19-15-23-45-72-56-64(32-12-9-2)68-41-29-49-75(68)6)53-59(60)33-17-13-21-43-70-46-25-37-58(10-3)66-39-27-47-73(66)4/h8-12,25-26,31-32,37-38,46,52-57,66-69H,13-16,21-24,27-30,39-45,47-51H2,1-7H3/q+1/b11-8-,12-9-,37-25-,58-10+,63-31+,64-32+,70-46?,71-55?,72-56?. The molecule has 0 amide bonds. The number of aliphatic imine (C=N–C) groups is 3. The lowest BCUT2D eigenvalue weighted by atomic mass is 9.98. The number of likely N-dealkylation sites (tertiary alicyclic amines) is 4. The van der Waals surface area contributed by atoms with Gasteiger partial charge in [-0.1, -0.05) is 96.0 Å². The lowest BCUT2D eigenvalue weighted by Gasteiger charge is -2.20. The SMILES string of the molecule is C/C=C\C=C(/C=NCCCC#Cc1cc(C#CCCC[n+]2cccc(C3CCCN3C)c2)c(C#CCCCN=C/C(=C\C=C/C)C2CCCN2C)cc1C#CCCCN=C/C=C\C(=C/C)C1CCCN1C)C1CCCN1C. The second-order valence-electron chi connectivity index (χ2n) is 21.2. The van der Waals surface area contributed by atoms with E-state index >= 15 is 0 Å². The minimum Gasteiger partial charge on any atom is -0.299 e. The predicted octanol–water partition coefficient (Wildman–Crippen LogP) is 12.0. The van der Waals surface area contributed by atoms with E-state index in [1.165, 1.54) is 80.2 Å². The first-order valence-corrected chi connectivity index (χ1v) is 29.2. The van der Waals surface area contributed by atoms with E-state index in [0.717, 1.165) is 119 Å². The minimum atomic E-state index is 0.432. The van der Waals surface area contributed by atoms with Crippen molar-refractivity contribution in [2.24, 2.45) is 15.0 Å². The zero-order valence-electron chi connectivity index (χ0n) is 48.2. The number of aromatic nitrogens is 1. The van der Waals surface area contributed by atoms with Crippen LogP contribution in [0.1, 0.15) is 157 Å². The maximum Gasteiger partial charge on any atom is 0.173 e. The number of benzene rings is 1. The Balaban J connectivity index is 1.19. The molecule has 406 valence electrons. The molecule has 4 saturated heterocycles. The summed E-state index contributed by atoms with van der Waals surface area (Å²) in [7, 11) is 8.90. The number of likely N-dealkylation sites (N-methyl/N-ethyl adjacent to an activating group) is 3. The first-order valence-electron chi connectivity index (χ1n) is 29.2. The molecule has 0 aliphatic carbocycles. The number of nitrogens with zero attached hydrogens (tertiary/aromatic N) is 8. The summed E-state index contributed by atoms with van der Waals surface area (Å²) >= 11 is 0. The van der Waals surface area contributed by atoms with Crippen molar-refractivity contribution in [2.45, 2.75) is 154 Å². The topological polar surface area (TPSA) is 53.9 Å². The maximum absolute atomic E-state index is 4.87. The molecule has 4 unspecified atom stereocenters. The fourth-order valence-electron chi connectivity index (χ4n) is 10.9. The van der Waals surface area contributed by atoms with Crippen LogP contribution < -0.4 is 4.57 Å². The summed E-state index contributed by atoms with van der Waals surface area (Å²) in [6.45, 7) is 14.0. The molecule has 0 saturated carbocycles. The first-order chi connectivity index (χ1) is 37.8.